The number of hydrogen-bond donors (Lipinski definition) is 0. The van der Waals surface area contributed by atoms with E-state index in [1.165, 1.54) is 22.2 Å². The highest BCUT2D eigenvalue weighted by molar-refractivity contribution is 5.76. The molecule has 0 radical (unpaired) electrons. The Bertz CT molecular complexity index is 1130. The van der Waals surface area contributed by atoms with Gasteiger partial charge in [-0.25, -0.2) is 4.98 Å². The molecule has 0 unspecified atom stereocenters. The van der Waals surface area contributed by atoms with Crippen LogP contribution in [-0.2, 0) is 13.0 Å². The molecule has 0 saturated carbocycles. The van der Waals surface area contributed by atoms with Crippen LogP contribution in [-0.4, -0.2) is 23.3 Å². The minimum atomic E-state index is 0.679. The van der Waals surface area contributed by atoms with E-state index in [2.05, 4.69) is 66.9 Å². The van der Waals surface area contributed by atoms with Crippen molar-refractivity contribution >= 4 is 11.0 Å². The first-order valence-corrected chi connectivity index (χ1v) is 10.4. The molecular formula is C26H28N2O2. The van der Waals surface area contributed by atoms with Crippen molar-refractivity contribution in [3.8, 4) is 11.5 Å². The topological polar surface area (TPSA) is 36.3 Å². The van der Waals surface area contributed by atoms with Gasteiger partial charge in [-0.2, -0.15) is 0 Å². The molecule has 4 rings (SSSR count). The van der Waals surface area contributed by atoms with E-state index in [0.29, 0.717) is 6.61 Å². The summed E-state index contributed by atoms with van der Waals surface area (Å²) in [6.45, 7) is 5.75. The minimum absolute atomic E-state index is 0.679. The lowest BCUT2D eigenvalue weighted by atomic mass is 10.1. The number of hydrogen-bond acceptors (Lipinski definition) is 3. The van der Waals surface area contributed by atoms with Crippen LogP contribution >= 0.6 is 0 Å². The molecule has 0 aliphatic heterocycles. The Kier molecular flexibility index (Phi) is 6.03. The maximum Gasteiger partial charge on any atom is 0.122 e. The van der Waals surface area contributed by atoms with Gasteiger partial charge in [-0.1, -0.05) is 42.0 Å². The SMILES string of the molecule is COc1ccc(Cc2nc3ccccc3n2CCCOc2ccc(C)cc2C)cc1. The van der Waals surface area contributed by atoms with E-state index >= 15 is 0 Å². The first kappa shape index (κ1) is 20.0. The van der Waals surface area contributed by atoms with Gasteiger partial charge >= 0.3 is 0 Å². The van der Waals surface area contributed by atoms with E-state index in [0.717, 1.165) is 42.2 Å². The van der Waals surface area contributed by atoms with Crippen LogP contribution in [0.3, 0.4) is 0 Å². The highest BCUT2D eigenvalue weighted by Crippen LogP contribution is 2.22. The smallest absolute Gasteiger partial charge is 0.122 e. The third kappa shape index (κ3) is 4.48. The number of rotatable bonds is 8. The molecule has 0 bridgehead atoms. The Labute approximate surface area is 178 Å². The van der Waals surface area contributed by atoms with Crippen molar-refractivity contribution in [3.63, 3.8) is 0 Å². The van der Waals surface area contributed by atoms with Crippen LogP contribution in [0.1, 0.15) is 28.9 Å². The molecule has 1 aromatic heterocycles. The second kappa shape index (κ2) is 9.04. The Morgan fingerprint density at radius 1 is 0.933 bits per heavy atom. The van der Waals surface area contributed by atoms with E-state index < -0.39 is 0 Å². The maximum atomic E-state index is 6.04. The summed E-state index contributed by atoms with van der Waals surface area (Å²) >= 11 is 0. The molecule has 4 aromatic rings. The Hall–Kier alpha value is -3.27. The van der Waals surface area contributed by atoms with Crippen molar-refractivity contribution in [1.82, 2.24) is 9.55 Å². The van der Waals surface area contributed by atoms with Crippen LogP contribution in [0.4, 0.5) is 0 Å². The Morgan fingerprint density at radius 2 is 1.73 bits per heavy atom. The normalized spacial score (nSPS) is 11.0. The van der Waals surface area contributed by atoms with Gasteiger partial charge in [-0.3, -0.25) is 0 Å². The van der Waals surface area contributed by atoms with Crippen LogP contribution in [0, 0.1) is 13.8 Å². The fourth-order valence-corrected chi connectivity index (χ4v) is 3.80. The first-order valence-electron chi connectivity index (χ1n) is 10.4. The van der Waals surface area contributed by atoms with Crippen LogP contribution in [0.15, 0.2) is 66.7 Å². The molecule has 4 heteroatoms. The summed E-state index contributed by atoms with van der Waals surface area (Å²) in [5, 5.41) is 0. The van der Waals surface area contributed by atoms with Gasteiger partial charge in [-0.05, 0) is 61.7 Å². The lowest BCUT2D eigenvalue weighted by Crippen LogP contribution is -2.09. The number of fused-ring (bicyclic) bond motifs is 1. The van der Waals surface area contributed by atoms with Crippen LogP contribution in [0.25, 0.3) is 11.0 Å². The number of aromatic nitrogens is 2. The molecule has 0 saturated heterocycles. The van der Waals surface area contributed by atoms with Crippen molar-refractivity contribution in [2.24, 2.45) is 0 Å². The summed E-state index contributed by atoms with van der Waals surface area (Å²) in [4.78, 5) is 4.90. The number of benzene rings is 3. The molecule has 0 aliphatic carbocycles. The van der Waals surface area contributed by atoms with Gasteiger partial charge in [0.05, 0.1) is 24.8 Å². The second-order valence-corrected chi connectivity index (χ2v) is 7.66. The van der Waals surface area contributed by atoms with E-state index in [1.807, 2.05) is 18.2 Å². The van der Waals surface area contributed by atoms with Crippen molar-refractivity contribution in [1.29, 1.82) is 0 Å². The molecule has 4 nitrogen and oxygen atoms in total. The number of ether oxygens (including phenoxy) is 2. The fraction of sp³-hybridized carbons (Fsp3) is 0.269. The van der Waals surface area contributed by atoms with Crippen molar-refractivity contribution < 1.29 is 9.47 Å². The van der Waals surface area contributed by atoms with Crippen molar-refractivity contribution in [2.75, 3.05) is 13.7 Å². The van der Waals surface area contributed by atoms with Gasteiger partial charge in [-0.15, -0.1) is 0 Å². The highest BCUT2D eigenvalue weighted by atomic mass is 16.5. The van der Waals surface area contributed by atoms with Crippen LogP contribution in [0.2, 0.25) is 0 Å². The molecule has 0 fully saturated rings. The molecule has 1 heterocycles. The van der Waals surface area contributed by atoms with Gasteiger partial charge in [0.1, 0.15) is 17.3 Å². The highest BCUT2D eigenvalue weighted by Gasteiger charge is 2.11. The molecule has 3 aromatic carbocycles. The van der Waals surface area contributed by atoms with Crippen molar-refractivity contribution in [2.45, 2.75) is 33.2 Å². The third-order valence-electron chi connectivity index (χ3n) is 5.37. The minimum Gasteiger partial charge on any atom is -0.497 e. The van der Waals surface area contributed by atoms with E-state index in [4.69, 9.17) is 14.5 Å². The summed E-state index contributed by atoms with van der Waals surface area (Å²) in [5.41, 5.74) is 5.87. The zero-order valence-corrected chi connectivity index (χ0v) is 17.9. The van der Waals surface area contributed by atoms with E-state index in [1.54, 1.807) is 7.11 Å². The molecule has 0 atom stereocenters. The number of aryl methyl sites for hydroxylation is 3. The molecule has 0 spiro atoms. The monoisotopic (exact) mass is 400 g/mol. The fourth-order valence-electron chi connectivity index (χ4n) is 3.80. The lowest BCUT2D eigenvalue weighted by molar-refractivity contribution is 0.300. The van der Waals surface area contributed by atoms with Gasteiger partial charge < -0.3 is 14.0 Å². The van der Waals surface area contributed by atoms with E-state index in [-0.39, 0.29) is 0 Å². The zero-order chi connectivity index (χ0) is 20.9. The first-order chi connectivity index (χ1) is 14.6. The molecule has 0 N–H and O–H groups in total. The summed E-state index contributed by atoms with van der Waals surface area (Å²) in [6, 6.07) is 22.9. The lowest BCUT2D eigenvalue weighted by Gasteiger charge is -2.12. The molecule has 0 aliphatic rings. The van der Waals surface area contributed by atoms with Gasteiger partial charge in [0, 0.05) is 13.0 Å². The predicted molar refractivity (Wildman–Crippen MR) is 122 cm³/mol. The third-order valence-corrected chi connectivity index (χ3v) is 5.37. The summed E-state index contributed by atoms with van der Waals surface area (Å²) in [5.74, 6) is 2.92. The van der Waals surface area contributed by atoms with E-state index in [9.17, 15) is 0 Å². The Balaban J connectivity index is 1.48. The quantitative estimate of drug-likeness (QED) is 0.355. The summed E-state index contributed by atoms with van der Waals surface area (Å²) < 4.78 is 13.6. The average molecular weight is 401 g/mol. The second-order valence-electron chi connectivity index (χ2n) is 7.66. The van der Waals surface area contributed by atoms with Gasteiger partial charge in [0.15, 0.2) is 0 Å². The van der Waals surface area contributed by atoms with Gasteiger partial charge in [0.2, 0.25) is 0 Å². The van der Waals surface area contributed by atoms with Crippen LogP contribution < -0.4 is 9.47 Å². The molecule has 30 heavy (non-hydrogen) atoms. The largest absolute Gasteiger partial charge is 0.497 e. The molecule has 0 amide bonds. The Morgan fingerprint density at radius 3 is 2.50 bits per heavy atom. The predicted octanol–water partition coefficient (Wildman–Crippen LogP) is 5.72. The molecule has 154 valence electrons. The standard InChI is InChI=1S/C26H28N2O2/c1-19-9-14-25(20(2)17-19)30-16-6-15-28-24-8-5-4-7-23(24)27-26(28)18-21-10-12-22(29-3)13-11-21/h4-5,7-14,17H,6,15-16,18H2,1-3H3. The summed E-state index contributed by atoms with van der Waals surface area (Å²) in [6.07, 6.45) is 1.71. The average Bonchev–Trinajstić information content (AvgIpc) is 3.10. The number of methoxy groups -OCH3 is 1. The number of nitrogens with zero attached hydrogens (tertiary/aromatic N) is 2. The van der Waals surface area contributed by atoms with Gasteiger partial charge in [0.25, 0.3) is 0 Å². The maximum absolute atomic E-state index is 6.04. The molecular weight excluding hydrogens is 372 g/mol. The van der Waals surface area contributed by atoms with Crippen LogP contribution in [0.5, 0.6) is 11.5 Å². The zero-order valence-electron chi connectivity index (χ0n) is 17.9. The summed E-state index contributed by atoms with van der Waals surface area (Å²) in [7, 11) is 1.69. The van der Waals surface area contributed by atoms with Crippen molar-refractivity contribution in [3.05, 3.63) is 89.2 Å². The number of imidazole rings is 1. The number of para-hydroxylation sites is 2.